The van der Waals surface area contributed by atoms with Crippen molar-refractivity contribution in [3.63, 3.8) is 0 Å². The van der Waals surface area contributed by atoms with E-state index < -0.39 is 0 Å². The largest absolute Gasteiger partial charge is 0.337 e. The van der Waals surface area contributed by atoms with Crippen LogP contribution in [0, 0.1) is 18.7 Å². The van der Waals surface area contributed by atoms with Gasteiger partial charge in [-0.3, -0.25) is 0 Å². The predicted octanol–water partition coefficient (Wildman–Crippen LogP) is 3.24. The van der Waals surface area contributed by atoms with Gasteiger partial charge in [0.1, 0.15) is 5.82 Å². The molecule has 0 spiro atoms. The van der Waals surface area contributed by atoms with Gasteiger partial charge in [0.25, 0.3) is 0 Å². The Bertz CT molecular complexity index is 611. The van der Waals surface area contributed by atoms with Gasteiger partial charge in [-0.15, -0.1) is 0 Å². The fourth-order valence-corrected chi connectivity index (χ4v) is 2.66. The van der Waals surface area contributed by atoms with Gasteiger partial charge in [-0.1, -0.05) is 12.1 Å². The molecule has 2 heterocycles. The average molecular weight is 275 g/mol. The topological polar surface area (TPSA) is 51.0 Å². The zero-order valence-corrected chi connectivity index (χ0v) is 11.7. The van der Waals surface area contributed by atoms with E-state index in [-0.39, 0.29) is 11.9 Å². The van der Waals surface area contributed by atoms with Crippen LogP contribution in [-0.2, 0) is 0 Å². The van der Waals surface area contributed by atoms with Crippen molar-refractivity contribution in [1.82, 2.24) is 15.5 Å². The van der Waals surface area contributed by atoms with E-state index in [1.165, 1.54) is 18.6 Å². The van der Waals surface area contributed by atoms with Gasteiger partial charge >= 0.3 is 0 Å². The Morgan fingerprint density at radius 2 is 2.25 bits per heavy atom. The highest BCUT2D eigenvalue weighted by atomic mass is 19.1. The van der Waals surface area contributed by atoms with Crippen LogP contribution in [0.3, 0.4) is 0 Å². The number of hydrogen-bond acceptors (Lipinski definition) is 4. The Labute approximate surface area is 117 Å². The molecular weight excluding hydrogens is 257 g/mol. The Morgan fingerprint density at radius 1 is 1.40 bits per heavy atom. The zero-order valence-electron chi connectivity index (χ0n) is 11.7. The maximum Gasteiger partial charge on any atom is 0.244 e. The van der Waals surface area contributed by atoms with Gasteiger partial charge in [0.2, 0.25) is 11.7 Å². The van der Waals surface area contributed by atoms with Gasteiger partial charge in [0, 0.05) is 5.56 Å². The number of nitrogens with one attached hydrogen (secondary N) is 1. The molecule has 1 aromatic carbocycles. The molecule has 0 aliphatic carbocycles. The molecule has 5 heteroatoms. The molecular formula is C15H18FN3O. The third-order valence-electron chi connectivity index (χ3n) is 3.84. The lowest BCUT2D eigenvalue weighted by molar-refractivity contribution is 0.260. The molecule has 1 aliphatic heterocycles. The van der Waals surface area contributed by atoms with Crippen molar-refractivity contribution in [3.05, 3.63) is 35.5 Å². The first-order chi connectivity index (χ1) is 9.63. The molecule has 2 atom stereocenters. The van der Waals surface area contributed by atoms with Gasteiger partial charge in [0.05, 0.1) is 6.04 Å². The lowest BCUT2D eigenvalue weighted by Gasteiger charge is -2.25. The number of rotatable bonds is 2. The number of benzene rings is 1. The van der Waals surface area contributed by atoms with E-state index in [0.29, 0.717) is 17.6 Å². The first-order valence-corrected chi connectivity index (χ1v) is 6.97. The highest BCUT2D eigenvalue weighted by molar-refractivity contribution is 5.59. The third kappa shape index (κ3) is 2.58. The molecule has 0 saturated carbocycles. The third-order valence-corrected chi connectivity index (χ3v) is 3.84. The molecule has 0 radical (unpaired) electrons. The minimum absolute atomic E-state index is 0.126. The molecule has 1 N–H and O–H groups in total. The highest BCUT2D eigenvalue weighted by Gasteiger charge is 2.25. The van der Waals surface area contributed by atoms with Crippen LogP contribution in [-0.4, -0.2) is 16.7 Å². The van der Waals surface area contributed by atoms with Crippen molar-refractivity contribution < 1.29 is 8.91 Å². The molecule has 2 unspecified atom stereocenters. The second-order valence-electron chi connectivity index (χ2n) is 5.55. The van der Waals surface area contributed by atoms with Crippen molar-refractivity contribution in [2.45, 2.75) is 32.7 Å². The van der Waals surface area contributed by atoms with E-state index >= 15 is 0 Å². The van der Waals surface area contributed by atoms with Gasteiger partial charge in [0.15, 0.2) is 0 Å². The first-order valence-electron chi connectivity index (χ1n) is 6.97. The van der Waals surface area contributed by atoms with E-state index in [1.54, 1.807) is 6.07 Å². The summed E-state index contributed by atoms with van der Waals surface area (Å²) in [5, 5.41) is 7.43. The summed E-state index contributed by atoms with van der Waals surface area (Å²) in [4.78, 5) is 4.47. The minimum atomic E-state index is -0.252. The van der Waals surface area contributed by atoms with Crippen LogP contribution in [0.15, 0.2) is 22.7 Å². The summed E-state index contributed by atoms with van der Waals surface area (Å²) in [6.07, 6.45) is 2.18. The normalized spacial score (nSPS) is 22.9. The second kappa shape index (κ2) is 5.32. The smallest absolute Gasteiger partial charge is 0.244 e. The molecule has 106 valence electrons. The Morgan fingerprint density at radius 3 is 3.00 bits per heavy atom. The summed E-state index contributed by atoms with van der Waals surface area (Å²) in [6, 6.07) is 4.71. The van der Waals surface area contributed by atoms with E-state index in [4.69, 9.17) is 4.52 Å². The molecule has 0 amide bonds. The van der Waals surface area contributed by atoms with Gasteiger partial charge in [-0.25, -0.2) is 4.39 Å². The number of aromatic nitrogens is 2. The molecule has 20 heavy (non-hydrogen) atoms. The molecule has 1 aliphatic rings. The van der Waals surface area contributed by atoms with Crippen molar-refractivity contribution in [2.24, 2.45) is 5.92 Å². The summed E-state index contributed by atoms with van der Waals surface area (Å²) >= 11 is 0. The van der Waals surface area contributed by atoms with Gasteiger partial charge < -0.3 is 9.84 Å². The molecule has 1 aromatic heterocycles. The zero-order chi connectivity index (χ0) is 14.1. The molecule has 2 aromatic rings. The Balaban J connectivity index is 1.86. The van der Waals surface area contributed by atoms with E-state index in [2.05, 4.69) is 22.4 Å². The quantitative estimate of drug-likeness (QED) is 0.914. The van der Waals surface area contributed by atoms with Crippen molar-refractivity contribution in [3.8, 4) is 11.4 Å². The van der Waals surface area contributed by atoms with Crippen molar-refractivity contribution >= 4 is 0 Å². The van der Waals surface area contributed by atoms with Gasteiger partial charge in [-0.2, -0.15) is 4.98 Å². The average Bonchev–Trinajstić information content (AvgIpc) is 2.88. The summed E-state index contributed by atoms with van der Waals surface area (Å²) in [5.74, 6) is 1.55. The van der Waals surface area contributed by atoms with Crippen LogP contribution >= 0.6 is 0 Å². The minimum Gasteiger partial charge on any atom is -0.337 e. The van der Waals surface area contributed by atoms with Crippen LogP contribution in [0.25, 0.3) is 11.4 Å². The highest BCUT2D eigenvalue weighted by Crippen LogP contribution is 2.28. The molecule has 0 bridgehead atoms. The monoisotopic (exact) mass is 275 g/mol. The van der Waals surface area contributed by atoms with Crippen LogP contribution in [0.2, 0.25) is 0 Å². The first kappa shape index (κ1) is 13.2. The SMILES string of the molecule is Cc1cc(F)ccc1-c1noc(C2CC(C)CCN2)n1. The number of nitrogens with zero attached hydrogens (tertiary/aromatic N) is 2. The fourth-order valence-electron chi connectivity index (χ4n) is 2.66. The number of aryl methyl sites for hydroxylation is 1. The van der Waals surface area contributed by atoms with E-state index in [9.17, 15) is 4.39 Å². The summed E-state index contributed by atoms with van der Waals surface area (Å²) < 4.78 is 18.5. The fraction of sp³-hybridized carbons (Fsp3) is 0.467. The van der Waals surface area contributed by atoms with E-state index in [1.807, 2.05) is 6.92 Å². The molecule has 1 fully saturated rings. The molecule has 4 nitrogen and oxygen atoms in total. The second-order valence-corrected chi connectivity index (χ2v) is 5.55. The predicted molar refractivity (Wildman–Crippen MR) is 73.6 cm³/mol. The van der Waals surface area contributed by atoms with E-state index in [0.717, 1.165) is 24.1 Å². The van der Waals surface area contributed by atoms with Crippen molar-refractivity contribution in [1.29, 1.82) is 0 Å². The Kier molecular flexibility index (Phi) is 3.53. The van der Waals surface area contributed by atoms with Crippen LogP contribution in [0.4, 0.5) is 4.39 Å². The van der Waals surface area contributed by atoms with Crippen LogP contribution in [0.5, 0.6) is 0 Å². The molecule has 3 rings (SSSR count). The molecule has 1 saturated heterocycles. The number of piperidine rings is 1. The van der Waals surface area contributed by atoms with Crippen molar-refractivity contribution in [2.75, 3.05) is 6.54 Å². The summed E-state index contributed by atoms with van der Waals surface area (Å²) in [5.41, 5.74) is 1.62. The standard InChI is InChI=1S/C15H18FN3O/c1-9-5-6-17-13(7-9)15-18-14(19-20-15)12-4-3-11(16)8-10(12)2/h3-4,8-9,13,17H,5-7H2,1-2H3. The lowest BCUT2D eigenvalue weighted by atomic mass is 9.94. The van der Waals surface area contributed by atoms with Crippen LogP contribution in [0.1, 0.15) is 37.3 Å². The lowest BCUT2D eigenvalue weighted by Crippen LogP contribution is -2.30. The number of hydrogen-bond donors (Lipinski definition) is 1. The number of halogens is 1. The maximum atomic E-state index is 13.1. The Hall–Kier alpha value is -1.75. The summed E-state index contributed by atoms with van der Waals surface area (Å²) in [7, 11) is 0. The van der Waals surface area contributed by atoms with Gasteiger partial charge in [-0.05, 0) is 56.0 Å². The van der Waals surface area contributed by atoms with Crippen LogP contribution < -0.4 is 5.32 Å². The summed E-state index contributed by atoms with van der Waals surface area (Å²) in [6.45, 7) is 5.05. The maximum absolute atomic E-state index is 13.1.